The van der Waals surface area contributed by atoms with E-state index in [4.69, 9.17) is 0 Å². The number of aryl methyl sites for hydroxylation is 1. The first-order valence-electron chi connectivity index (χ1n) is 9.64. The largest absolute Gasteiger partial charge is 0.354 e. The fourth-order valence-electron chi connectivity index (χ4n) is 3.23. The number of thioether (sulfide) groups is 1. The topological polar surface area (TPSA) is 79.4 Å². The summed E-state index contributed by atoms with van der Waals surface area (Å²) in [7, 11) is -3.71. The van der Waals surface area contributed by atoms with E-state index in [1.54, 1.807) is 23.5 Å². The Morgan fingerprint density at radius 2 is 2.03 bits per heavy atom. The van der Waals surface area contributed by atoms with Gasteiger partial charge in [-0.1, -0.05) is 26.0 Å². The second-order valence-corrected chi connectivity index (χ2v) is 11.5. The van der Waals surface area contributed by atoms with E-state index in [9.17, 15) is 13.2 Å². The molecule has 1 amide bonds. The minimum absolute atomic E-state index is 0.239. The summed E-state index contributed by atoms with van der Waals surface area (Å²) in [6.07, 6.45) is 1.55. The maximum Gasteiger partial charge on any atom is 0.244 e. The third kappa shape index (κ3) is 5.59. The molecule has 1 fully saturated rings. The van der Waals surface area contributed by atoms with Crippen LogP contribution in [-0.4, -0.2) is 47.8 Å². The average molecular weight is 454 g/mol. The first-order valence-corrected chi connectivity index (χ1v) is 13.1. The van der Waals surface area contributed by atoms with Gasteiger partial charge in [0.1, 0.15) is 6.04 Å². The van der Waals surface area contributed by atoms with E-state index < -0.39 is 16.1 Å². The Kier molecular flexibility index (Phi) is 7.37. The number of nitrogens with one attached hydrogen (secondary N) is 1. The normalized spacial score (nSPS) is 17.7. The minimum atomic E-state index is -3.71. The van der Waals surface area contributed by atoms with Crippen molar-refractivity contribution in [2.45, 2.75) is 44.6 Å². The van der Waals surface area contributed by atoms with E-state index in [0.29, 0.717) is 30.5 Å². The number of hydrogen-bond acceptors (Lipinski definition) is 6. The van der Waals surface area contributed by atoms with Crippen LogP contribution in [0.25, 0.3) is 0 Å². The molecule has 1 aromatic carbocycles. The van der Waals surface area contributed by atoms with Gasteiger partial charge in [0.05, 0.1) is 21.5 Å². The summed E-state index contributed by atoms with van der Waals surface area (Å²) in [6, 6.07) is 6.34. The Balaban J connectivity index is 1.64. The highest BCUT2D eigenvalue weighted by Crippen LogP contribution is 2.28. The highest BCUT2D eigenvalue weighted by molar-refractivity contribution is 8.00. The SMILES string of the molecule is Cc1nc(CCNC(=O)[C@H]2CSCN2S(=O)(=O)c2ccc(CC(C)C)cc2)cs1. The molecule has 1 aliphatic rings. The van der Waals surface area contributed by atoms with Crippen molar-refractivity contribution in [2.24, 2.45) is 5.92 Å². The fraction of sp³-hybridized carbons (Fsp3) is 0.500. The van der Waals surface area contributed by atoms with E-state index in [2.05, 4.69) is 24.1 Å². The smallest absolute Gasteiger partial charge is 0.244 e. The molecule has 0 spiro atoms. The molecule has 29 heavy (non-hydrogen) atoms. The van der Waals surface area contributed by atoms with Crippen LogP contribution in [-0.2, 0) is 27.7 Å². The summed E-state index contributed by atoms with van der Waals surface area (Å²) in [5.74, 6) is 1.02. The molecule has 0 aliphatic carbocycles. The summed E-state index contributed by atoms with van der Waals surface area (Å²) in [4.78, 5) is 17.3. The number of amides is 1. The maximum atomic E-state index is 13.1. The van der Waals surface area contributed by atoms with Gasteiger partial charge in [-0.05, 0) is 37.0 Å². The molecule has 0 radical (unpaired) electrons. The van der Waals surface area contributed by atoms with E-state index in [-0.39, 0.29) is 10.8 Å². The summed E-state index contributed by atoms with van der Waals surface area (Å²) in [5.41, 5.74) is 2.06. The third-order valence-corrected chi connectivity index (χ3v) is 8.53. The van der Waals surface area contributed by atoms with Gasteiger partial charge in [0.15, 0.2) is 0 Å². The molecule has 2 heterocycles. The molecule has 1 N–H and O–H groups in total. The monoisotopic (exact) mass is 453 g/mol. The lowest BCUT2D eigenvalue weighted by Gasteiger charge is -2.22. The second kappa shape index (κ2) is 9.59. The summed E-state index contributed by atoms with van der Waals surface area (Å²) < 4.78 is 27.5. The van der Waals surface area contributed by atoms with Crippen LogP contribution in [0.15, 0.2) is 34.5 Å². The first kappa shape index (κ1) is 22.3. The van der Waals surface area contributed by atoms with Crippen LogP contribution in [0.2, 0.25) is 0 Å². The molecular formula is C20H27N3O3S3. The number of benzene rings is 1. The molecular weight excluding hydrogens is 426 g/mol. The average Bonchev–Trinajstić information content (AvgIpc) is 3.31. The van der Waals surface area contributed by atoms with Gasteiger partial charge in [-0.15, -0.1) is 23.1 Å². The Labute approximate surface area is 181 Å². The Hall–Kier alpha value is -1.42. The van der Waals surface area contributed by atoms with Crippen molar-refractivity contribution >= 4 is 39.0 Å². The Bertz CT molecular complexity index is 939. The van der Waals surface area contributed by atoms with E-state index in [1.165, 1.54) is 16.1 Å². The third-order valence-electron chi connectivity index (χ3n) is 4.67. The number of nitrogens with zero attached hydrogens (tertiary/aromatic N) is 2. The van der Waals surface area contributed by atoms with Crippen LogP contribution in [0.1, 0.15) is 30.1 Å². The number of thiazole rings is 1. The molecule has 1 aromatic heterocycles. The Morgan fingerprint density at radius 3 is 2.66 bits per heavy atom. The molecule has 6 nitrogen and oxygen atoms in total. The number of carbonyl (C=O) groups excluding carboxylic acids is 1. The zero-order valence-corrected chi connectivity index (χ0v) is 19.4. The summed E-state index contributed by atoms with van der Waals surface area (Å²) >= 11 is 3.04. The van der Waals surface area contributed by atoms with Crippen molar-refractivity contribution in [1.29, 1.82) is 0 Å². The summed E-state index contributed by atoms with van der Waals surface area (Å²) in [5, 5.41) is 5.85. The quantitative estimate of drug-likeness (QED) is 0.665. The van der Waals surface area contributed by atoms with Gasteiger partial charge < -0.3 is 5.32 Å². The molecule has 0 saturated carbocycles. The molecule has 1 aliphatic heterocycles. The zero-order valence-electron chi connectivity index (χ0n) is 16.9. The molecule has 1 atom stereocenters. The number of aromatic nitrogens is 1. The summed E-state index contributed by atoms with van der Waals surface area (Å²) in [6.45, 7) is 6.65. The van der Waals surface area contributed by atoms with E-state index >= 15 is 0 Å². The minimum Gasteiger partial charge on any atom is -0.354 e. The van der Waals surface area contributed by atoms with E-state index in [0.717, 1.165) is 22.7 Å². The molecule has 0 bridgehead atoms. The van der Waals surface area contributed by atoms with Crippen LogP contribution < -0.4 is 5.32 Å². The lowest BCUT2D eigenvalue weighted by molar-refractivity contribution is -0.123. The maximum absolute atomic E-state index is 13.1. The standard InChI is InChI=1S/C20H27N3O3S3/c1-14(2)10-16-4-6-18(7-5-16)29(25,26)23-13-27-12-19(23)20(24)21-9-8-17-11-28-15(3)22-17/h4-7,11,14,19H,8-10,12-13H2,1-3H3,(H,21,24)/t19-/m1/s1. The van der Waals surface area contributed by atoms with Gasteiger partial charge >= 0.3 is 0 Å². The van der Waals surface area contributed by atoms with Crippen LogP contribution >= 0.6 is 23.1 Å². The van der Waals surface area contributed by atoms with Crippen molar-refractivity contribution in [3.05, 3.63) is 45.9 Å². The van der Waals surface area contributed by atoms with Crippen molar-refractivity contribution in [1.82, 2.24) is 14.6 Å². The molecule has 2 aromatic rings. The van der Waals surface area contributed by atoms with Crippen LogP contribution in [0, 0.1) is 12.8 Å². The van der Waals surface area contributed by atoms with Gasteiger partial charge in [0.2, 0.25) is 15.9 Å². The van der Waals surface area contributed by atoms with Crippen LogP contribution in [0.5, 0.6) is 0 Å². The highest BCUT2D eigenvalue weighted by atomic mass is 32.2. The predicted octanol–water partition coefficient (Wildman–Crippen LogP) is 3.07. The van der Waals surface area contributed by atoms with E-state index in [1.807, 2.05) is 24.4 Å². The number of carbonyl (C=O) groups is 1. The lowest BCUT2D eigenvalue weighted by atomic mass is 10.0. The first-order chi connectivity index (χ1) is 13.8. The van der Waals surface area contributed by atoms with Gasteiger partial charge in [0, 0.05) is 24.1 Å². The lowest BCUT2D eigenvalue weighted by Crippen LogP contribution is -2.47. The van der Waals surface area contributed by atoms with Crippen molar-refractivity contribution in [3.63, 3.8) is 0 Å². The molecule has 3 rings (SSSR count). The fourth-order valence-corrected chi connectivity index (χ4v) is 7.03. The molecule has 9 heteroatoms. The van der Waals surface area contributed by atoms with Gasteiger partial charge in [-0.2, -0.15) is 4.31 Å². The van der Waals surface area contributed by atoms with Crippen LogP contribution in [0.4, 0.5) is 0 Å². The van der Waals surface area contributed by atoms with Gasteiger partial charge in [-0.3, -0.25) is 4.79 Å². The Morgan fingerprint density at radius 1 is 1.31 bits per heavy atom. The molecule has 158 valence electrons. The van der Waals surface area contributed by atoms with Crippen molar-refractivity contribution in [2.75, 3.05) is 18.2 Å². The molecule has 1 saturated heterocycles. The number of hydrogen-bond donors (Lipinski definition) is 1. The highest BCUT2D eigenvalue weighted by Gasteiger charge is 2.39. The van der Waals surface area contributed by atoms with Crippen LogP contribution in [0.3, 0.4) is 0 Å². The number of sulfonamides is 1. The van der Waals surface area contributed by atoms with Crippen molar-refractivity contribution in [3.8, 4) is 0 Å². The zero-order chi connectivity index (χ0) is 21.0. The van der Waals surface area contributed by atoms with Gasteiger partial charge in [-0.25, -0.2) is 13.4 Å². The number of rotatable bonds is 8. The predicted molar refractivity (Wildman–Crippen MR) is 119 cm³/mol. The second-order valence-electron chi connectivity index (χ2n) is 7.55. The van der Waals surface area contributed by atoms with Crippen molar-refractivity contribution < 1.29 is 13.2 Å². The molecule has 0 unspecified atom stereocenters. The van der Waals surface area contributed by atoms with Gasteiger partial charge in [0.25, 0.3) is 0 Å².